The Bertz CT molecular complexity index is 414. The maximum absolute atomic E-state index is 12.6. The molecule has 0 atom stereocenters. The van der Waals surface area contributed by atoms with Crippen molar-refractivity contribution in [1.29, 1.82) is 0 Å². The van der Waals surface area contributed by atoms with Gasteiger partial charge >= 0.3 is 12.4 Å². The fourth-order valence-corrected chi connectivity index (χ4v) is 1.06. The Morgan fingerprint density at radius 2 is 1.83 bits per heavy atom. The maximum Gasteiger partial charge on any atom is 0.422 e. The fourth-order valence-electron chi connectivity index (χ4n) is 1.06. The highest BCUT2D eigenvalue weighted by Crippen LogP contribution is 2.36. The molecule has 0 fully saturated rings. The third-order valence-electron chi connectivity index (χ3n) is 1.82. The van der Waals surface area contributed by atoms with Gasteiger partial charge in [-0.3, -0.25) is 0 Å². The highest BCUT2D eigenvalue weighted by molar-refractivity contribution is 5.47. The summed E-state index contributed by atoms with van der Waals surface area (Å²) >= 11 is 0. The summed E-state index contributed by atoms with van der Waals surface area (Å²) in [6.45, 7) is -1.83. The van der Waals surface area contributed by atoms with Gasteiger partial charge in [-0.25, -0.2) is 4.98 Å². The summed E-state index contributed by atoms with van der Waals surface area (Å²) in [5.41, 5.74) is -1.35. The van der Waals surface area contributed by atoms with Crippen molar-refractivity contribution in [2.75, 3.05) is 19.0 Å². The van der Waals surface area contributed by atoms with Crippen LogP contribution in [-0.4, -0.2) is 24.8 Å². The van der Waals surface area contributed by atoms with Crippen molar-refractivity contribution in [3.05, 3.63) is 17.8 Å². The Balaban J connectivity index is 3.03. The zero-order chi connectivity index (χ0) is 14.0. The van der Waals surface area contributed by atoms with Crippen LogP contribution in [-0.2, 0) is 6.18 Å². The zero-order valence-electron chi connectivity index (χ0n) is 8.99. The largest absolute Gasteiger partial charge is 0.468 e. The molecule has 0 aliphatic heterocycles. The van der Waals surface area contributed by atoms with Gasteiger partial charge in [0.05, 0.1) is 11.9 Å². The molecule has 0 saturated carbocycles. The van der Waals surface area contributed by atoms with Crippen LogP contribution in [0.15, 0.2) is 12.3 Å². The van der Waals surface area contributed by atoms with Crippen molar-refractivity contribution in [1.82, 2.24) is 4.98 Å². The van der Waals surface area contributed by atoms with E-state index in [0.717, 1.165) is 6.20 Å². The molecule has 9 heteroatoms. The van der Waals surface area contributed by atoms with Crippen LogP contribution in [0.25, 0.3) is 0 Å². The van der Waals surface area contributed by atoms with E-state index in [9.17, 15) is 26.3 Å². The molecule has 18 heavy (non-hydrogen) atoms. The first-order valence-electron chi connectivity index (χ1n) is 4.58. The van der Waals surface area contributed by atoms with E-state index in [4.69, 9.17) is 0 Å². The number of anilines is 1. The molecule has 0 aliphatic rings. The number of rotatable bonds is 3. The Morgan fingerprint density at radius 1 is 1.22 bits per heavy atom. The standard InChI is InChI=1S/C9H8F6N2O/c1-16-5-2-6(9(13,14)15)7(17-3-5)18-4-8(10,11)12/h2-3,16H,4H2,1H3. The molecule has 0 radical (unpaired) electrons. The minimum Gasteiger partial charge on any atom is -0.468 e. The third-order valence-corrected chi connectivity index (χ3v) is 1.82. The Morgan fingerprint density at radius 3 is 2.28 bits per heavy atom. The number of ether oxygens (including phenoxy) is 1. The van der Waals surface area contributed by atoms with Gasteiger partial charge in [0, 0.05) is 7.05 Å². The fraction of sp³-hybridized carbons (Fsp3) is 0.444. The molecule has 1 aromatic heterocycles. The predicted octanol–water partition coefficient (Wildman–Crippen LogP) is 3.08. The minimum absolute atomic E-state index is 0.0154. The summed E-state index contributed by atoms with van der Waals surface area (Å²) in [6.07, 6.45) is -8.63. The van der Waals surface area contributed by atoms with Gasteiger partial charge in [0.1, 0.15) is 5.56 Å². The number of nitrogens with one attached hydrogen (secondary N) is 1. The van der Waals surface area contributed by atoms with Crippen LogP contribution in [0.1, 0.15) is 5.56 Å². The molecule has 1 rings (SSSR count). The number of hydrogen-bond donors (Lipinski definition) is 1. The van der Waals surface area contributed by atoms with Crippen LogP contribution in [0.4, 0.5) is 32.0 Å². The van der Waals surface area contributed by atoms with E-state index in [1.54, 1.807) is 0 Å². The Labute approximate surface area is 97.8 Å². The monoisotopic (exact) mass is 274 g/mol. The topological polar surface area (TPSA) is 34.2 Å². The SMILES string of the molecule is CNc1cnc(OCC(F)(F)F)c(C(F)(F)F)c1. The molecule has 3 nitrogen and oxygen atoms in total. The first kappa shape index (κ1) is 14.4. The van der Waals surface area contributed by atoms with E-state index in [2.05, 4.69) is 15.0 Å². The number of aromatic nitrogens is 1. The highest BCUT2D eigenvalue weighted by Gasteiger charge is 2.37. The third kappa shape index (κ3) is 3.97. The lowest BCUT2D eigenvalue weighted by atomic mass is 10.2. The highest BCUT2D eigenvalue weighted by atomic mass is 19.4. The molecule has 0 saturated heterocycles. The molecular weight excluding hydrogens is 266 g/mol. The molecule has 0 aromatic carbocycles. The number of pyridine rings is 1. The zero-order valence-corrected chi connectivity index (χ0v) is 8.99. The van der Waals surface area contributed by atoms with Crippen LogP contribution >= 0.6 is 0 Å². The number of nitrogens with zero attached hydrogens (tertiary/aromatic N) is 1. The van der Waals surface area contributed by atoms with E-state index in [0.29, 0.717) is 6.07 Å². The van der Waals surface area contributed by atoms with Gasteiger partial charge in [0.15, 0.2) is 6.61 Å². The second kappa shape index (κ2) is 4.91. The first-order chi connectivity index (χ1) is 8.13. The van der Waals surface area contributed by atoms with E-state index < -0.39 is 30.4 Å². The van der Waals surface area contributed by atoms with Crippen LogP contribution in [0.2, 0.25) is 0 Å². The van der Waals surface area contributed by atoms with E-state index in [-0.39, 0.29) is 5.69 Å². The van der Waals surface area contributed by atoms with Crippen LogP contribution in [0.3, 0.4) is 0 Å². The normalized spacial score (nSPS) is 12.4. The second-order valence-electron chi connectivity index (χ2n) is 3.23. The summed E-state index contributed by atoms with van der Waals surface area (Å²) in [7, 11) is 1.35. The molecule has 102 valence electrons. The van der Waals surface area contributed by atoms with Crippen LogP contribution < -0.4 is 10.1 Å². The smallest absolute Gasteiger partial charge is 0.422 e. The lowest BCUT2D eigenvalue weighted by Gasteiger charge is -2.15. The number of hydrogen-bond acceptors (Lipinski definition) is 3. The molecule has 0 unspecified atom stereocenters. The van der Waals surface area contributed by atoms with E-state index in [1.165, 1.54) is 7.05 Å². The van der Waals surface area contributed by atoms with Crippen molar-refractivity contribution in [3.8, 4) is 5.88 Å². The predicted molar refractivity (Wildman–Crippen MR) is 50.3 cm³/mol. The average Bonchev–Trinajstić information content (AvgIpc) is 2.24. The Kier molecular flexibility index (Phi) is 3.92. The lowest BCUT2D eigenvalue weighted by Crippen LogP contribution is -2.21. The van der Waals surface area contributed by atoms with Gasteiger partial charge in [0.25, 0.3) is 0 Å². The molecule has 1 heterocycles. The van der Waals surface area contributed by atoms with Gasteiger partial charge in [0.2, 0.25) is 5.88 Å². The molecular formula is C9H8F6N2O. The molecule has 0 bridgehead atoms. The summed E-state index contributed by atoms with van der Waals surface area (Å²) in [5, 5.41) is 2.40. The van der Waals surface area contributed by atoms with Gasteiger partial charge in [-0.15, -0.1) is 0 Å². The van der Waals surface area contributed by atoms with Crippen molar-refractivity contribution in [2.45, 2.75) is 12.4 Å². The summed E-state index contributed by atoms with van der Waals surface area (Å²) < 4.78 is 77.3. The number of halogens is 6. The molecule has 0 spiro atoms. The molecule has 1 N–H and O–H groups in total. The van der Waals surface area contributed by atoms with Gasteiger partial charge in [-0.2, -0.15) is 26.3 Å². The maximum atomic E-state index is 12.6. The summed E-state index contributed by atoms with van der Waals surface area (Å²) in [4.78, 5) is 3.21. The quantitative estimate of drug-likeness (QED) is 0.860. The second-order valence-corrected chi connectivity index (χ2v) is 3.23. The minimum atomic E-state index is -4.85. The average molecular weight is 274 g/mol. The Hall–Kier alpha value is -1.67. The molecule has 0 aliphatic carbocycles. The van der Waals surface area contributed by atoms with Crippen molar-refractivity contribution in [3.63, 3.8) is 0 Å². The molecule has 0 amide bonds. The summed E-state index contributed by atoms with van der Waals surface area (Å²) in [6, 6.07) is 0.624. The lowest BCUT2D eigenvalue weighted by molar-refractivity contribution is -0.159. The van der Waals surface area contributed by atoms with Crippen LogP contribution in [0.5, 0.6) is 5.88 Å². The van der Waals surface area contributed by atoms with Gasteiger partial charge in [-0.1, -0.05) is 0 Å². The first-order valence-corrected chi connectivity index (χ1v) is 4.58. The molecule has 1 aromatic rings. The van der Waals surface area contributed by atoms with Crippen molar-refractivity contribution < 1.29 is 31.1 Å². The van der Waals surface area contributed by atoms with Crippen LogP contribution in [0, 0.1) is 0 Å². The van der Waals surface area contributed by atoms with Gasteiger partial charge < -0.3 is 10.1 Å². The summed E-state index contributed by atoms with van der Waals surface area (Å²) in [5.74, 6) is -1.10. The van der Waals surface area contributed by atoms with Crippen molar-refractivity contribution in [2.24, 2.45) is 0 Å². The van der Waals surface area contributed by atoms with E-state index in [1.807, 2.05) is 0 Å². The van der Waals surface area contributed by atoms with E-state index >= 15 is 0 Å². The van der Waals surface area contributed by atoms with Gasteiger partial charge in [-0.05, 0) is 6.07 Å². The number of alkyl halides is 6. The van der Waals surface area contributed by atoms with Crippen molar-refractivity contribution >= 4 is 5.69 Å².